The summed E-state index contributed by atoms with van der Waals surface area (Å²) in [6.45, 7) is 4.60. The molecule has 2 bridgehead atoms. The molecule has 1 aromatic heterocycles. The maximum absolute atomic E-state index is 12.7. The van der Waals surface area contributed by atoms with Gasteiger partial charge in [-0.2, -0.15) is 0 Å². The number of ketones is 2. The van der Waals surface area contributed by atoms with Crippen LogP contribution in [0.25, 0.3) is 16.0 Å². The number of rotatable bonds is 5. The first-order valence-electron chi connectivity index (χ1n) is 10.1. The fourth-order valence-corrected chi connectivity index (χ4v) is 5.65. The molecule has 1 aromatic carbocycles. The number of aliphatic hydroxyl groups is 1. The molecule has 5 nitrogen and oxygen atoms in total. The summed E-state index contributed by atoms with van der Waals surface area (Å²) < 4.78 is 2.63. The van der Waals surface area contributed by atoms with Gasteiger partial charge in [-0.3, -0.25) is 19.0 Å². The second kappa shape index (κ2) is 7.32. The summed E-state index contributed by atoms with van der Waals surface area (Å²) in [5.41, 5.74) is 1.99. The van der Waals surface area contributed by atoms with E-state index in [1.807, 2.05) is 13.0 Å². The van der Waals surface area contributed by atoms with Crippen LogP contribution in [0.1, 0.15) is 56.6 Å². The molecule has 2 aromatic rings. The van der Waals surface area contributed by atoms with Gasteiger partial charge >= 0.3 is 4.87 Å². The van der Waals surface area contributed by atoms with Crippen molar-refractivity contribution in [2.24, 2.45) is 11.8 Å². The summed E-state index contributed by atoms with van der Waals surface area (Å²) in [6, 6.07) is 3.53. The number of thiazole rings is 1. The Hall–Kier alpha value is -2.21. The van der Waals surface area contributed by atoms with Crippen molar-refractivity contribution in [2.75, 3.05) is 0 Å². The number of aromatic nitrogens is 1. The quantitative estimate of drug-likeness (QED) is 0.350. The molecule has 0 saturated heterocycles. The summed E-state index contributed by atoms with van der Waals surface area (Å²) in [6.07, 6.45) is 5.11. The van der Waals surface area contributed by atoms with E-state index in [1.54, 1.807) is 10.6 Å². The van der Waals surface area contributed by atoms with Crippen molar-refractivity contribution in [3.05, 3.63) is 38.5 Å². The molecule has 28 heavy (non-hydrogen) atoms. The Morgan fingerprint density at radius 1 is 1.14 bits per heavy atom. The second-order valence-corrected chi connectivity index (χ2v) is 8.96. The van der Waals surface area contributed by atoms with E-state index in [4.69, 9.17) is 0 Å². The van der Waals surface area contributed by atoms with Gasteiger partial charge in [-0.05, 0) is 50.3 Å². The number of hydrogen-bond donors (Lipinski definition) is 1. The number of fused-ring (bicyclic) bond motifs is 3. The molecule has 2 saturated carbocycles. The van der Waals surface area contributed by atoms with Crippen molar-refractivity contribution in [3.8, 4) is 0 Å². The zero-order valence-electron chi connectivity index (χ0n) is 16.3. The molecule has 2 aliphatic rings. The molecule has 1 N–H and O–H groups in total. The average Bonchev–Trinajstić information content (AvgIpc) is 3.24. The first-order valence-corrected chi connectivity index (χ1v) is 10.9. The summed E-state index contributed by atoms with van der Waals surface area (Å²) in [5.74, 6) is -0.943. The molecular weight excluding hydrogens is 374 g/mol. The number of benzene rings is 1. The van der Waals surface area contributed by atoms with Gasteiger partial charge in [-0.1, -0.05) is 31.1 Å². The maximum Gasteiger partial charge on any atom is 0.308 e. The molecule has 2 atom stereocenters. The number of unbranched alkanes of at least 4 members (excludes halogenated alkanes) is 2. The fourth-order valence-electron chi connectivity index (χ4n) is 4.67. The van der Waals surface area contributed by atoms with E-state index in [2.05, 4.69) is 6.92 Å². The van der Waals surface area contributed by atoms with E-state index < -0.39 is 0 Å². The lowest BCUT2D eigenvalue weighted by Crippen LogP contribution is -2.30. The molecule has 0 radical (unpaired) electrons. The number of aliphatic hydroxyl groups excluding tert-OH is 1. The van der Waals surface area contributed by atoms with Crippen molar-refractivity contribution in [1.82, 2.24) is 4.57 Å². The normalized spacial score (nSPS) is 21.7. The SMILES string of the molecule is CCCCCn1c(=O)sc2ccc(C(O)=C3C(=O)C4CCC(C4)C3=O)c(C)c21. The second-order valence-electron chi connectivity index (χ2n) is 7.97. The standard InChI is InChI=1S/C22H25NO4S/c1-3-4-5-10-23-18-12(2)15(8-9-16(18)28-22(23)27)21(26)17-19(24)13-6-7-14(11-13)20(17)25/h8-9,13-14,26H,3-7,10-11H2,1-2H3. The minimum Gasteiger partial charge on any atom is -0.506 e. The Morgan fingerprint density at radius 3 is 2.46 bits per heavy atom. The lowest BCUT2D eigenvalue weighted by atomic mass is 9.81. The Morgan fingerprint density at radius 2 is 1.82 bits per heavy atom. The molecule has 0 aliphatic heterocycles. The lowest BCUT2D eigenvalue weighted by Gasteiger charge is -2.21. The zero-order chi connectivity index (χ0) is 20.0. The highest BCUT2D eigenvalue weighted by Crippen LogP contribution is 2.42. The highest BCUT2D eigenvalue weighted by atomic mass is 32.1. The molecule has 2 aliphatic carbocycles. The first kappa shape index (κ1) is 19.1. The van der Waals surface area contributed by atoms with E-state index in [9.17, 15) is 19.5 Å². The van der Waals surface area contributed by atoms with Crippen LogP contribution in [-0.2, 0) is 16.1 Å². The number of Topliss-reactive ketones (excluding diaryl/α,β-unsaturated/α-hetero) is 2. The van der Waals surface area contributed by atoms with Crippen LogP contribution in [0.4, 0.5) is 0 Å². The highest BCUT2D eigenvalue weighted by molar-refractivity contribution is 7.16. The summed E-state index contributed by atoms with van der Waals surface area (Å²) in [7, 11) is 0. The van der Waals surface area contributed by atoms with Crippen LogP contribution >= 0.6 is 11.3 Å². The number of carbonyl (C=O) groups excluding carboxylic acids is 2. The van der Waals surface area contributed by atoms with E-state index in [0.29, 0.717) is 18.5 Å². The van der Waals surface area contributed by atoms with Gasteiger partial charge < -0.3 is 5.11 Å². The molecule has 0 spiro atoms. The van der Waals surface area contributed by atoms with E-state index in [1.165, 1.54) is 11.3 Å². The smallest absolute Gasteiger partial charge is 0.308 e. The van der Waals surface area contributed by atoms with Gasteiger partial charge in [0.15, 0.2) is 11.6 Å². The Labute approximate surface area is 167 Å². The van der Waals surface area contributed by atoms with E-state index >= 15 is 0 Å². The minimum absolute atomic E-state index is 0.0126. The van der Waals surface area contributed by atoms with Gasteiger partial charge in [0.1, 0.15) is 11.3 Å². The topological polar surface area (TPSA) is 76.4 Å². The van der Waals surface area contributed by atoms with Crippen molar-refractivity contribution >= 4 is 38.9 Å². The van der Waals surface area contributed by atoms with Crippen molar-refractivity contribution < 1.29 is 14.7 Å². The maximum atomic E-state index is 12.7. The number of hydrogen-bond acceptors (Lipinski definition) is 5. The fraction of sp³-hybridized carbons (Fsp3) is 0.500. The molecule has 6 heteroatoms. The van der Waals surface area contributed by atoms with Crippen LogP contribution in [0.15, 0.2) is 22.5 Å². The van der Waals surface area contributed by atoms with Gasteiger partial charge in [0.2, 0.25) is 0 Å². The van der Waals surface area contributed by atoms with Gasteiger partial charge in [0.25, 0.3) is 0 Å². The third-order valence-corrected chi connectivity index (χ3v) is 7.17. The van der Waals surface area contributed by atoms with Gasteiger partial charge in [0, 0.05) is 23.9 Å². The first-order chi connectivity index (χ1) is 13.4. The van der Waals surface area contributed by atoms with Gasteiger partial charge in [-0.25, -0.2) is 0 Å². The van der Waals surface area contributed by atoms with Gasteiger partial charge in [-0.15, -0.1) is 0 Å². The zero-order valence-corrected chi connectivity index (χ0v) is 17.1. The van der Waals surface area contributed by atoms with Gasteiger partial charge in [0.05, 0.1) is 10.2 Å². The molecule has 148 valence electrons. The summed E-state index contributed by atoms with van der Waals surface area (Å²) >= 11 is 1.19. The van der Waals surface area contributed by atoms with Crippen LogP contribution in [0.5, 0.6) is 0 Å². The molecule has 4 rings (SSSR count). The Kier molecular flexibility index (Phi) is 5.00. The molecule has 0 amide bonds. The largest absolute Gasteiger partial charge is 0.506 e. The number of aryl methyl sites for hydroxylation is 2. The molecular formula is C22H25NO4S. The third-order valence-electron chi connectivity index (χ3n) is 6.23. The number of nitrogens with zero attached hydrogens (tertiary/aromatic N) is 1. The third kappa shape index (κ3) is 2.94. The van der Waals surface area contributed by atoms with Crippen molar-refractivity contribution in [1.29, 1.82) is 0 Å². The van der Waals surface area contributed by atoms with Crippen molar-refractivity contribution in [2.45, 2.75) is 58.9 Å². The van der Waals surface area contributed by atoms with Crippen LogP contribution in [0.2, 0.25) is 0 Å². The van der Waals surface area contributed by atoms with Crippen LogP contribution < -0.4 is 4.87 Å². The predicted octanol–water partition coefficient (Wildman–Crippen LogP) is 4.40. The van der Waals surface area contributed by atoms with E-state index in [-0.39, 0.29) is 39.6 Å². The Balaban J connectivity index is 1.84. The van der Waals surface area contributed by atoms with Crippen LogP contribution in [0, 0.1) is 18.8 Å². The average molecular weight is 400 g/mol. The summed E-state index contributed by atoms with van der Waals surface area (Å²) in [4.78, 5) is 37.9. The minimum atomic E-state index is -0.221. The van der Waals surface area contributed by atoms with E-state index in [0.717, 1.165) is 47.9 Å². The Bertz CT molecular complexity index is 1030. The molecule has 2 unspecified atom stereocenters. The monoisotopic (exact) mass is 399 g/mol. The van der Waals surface area contributed by atoms with Crippen LogP contribution in [0.3, 0.4) is 0 Å². The number of allylic oxidation sites excluding steroid dienone is 1. The summed E-state index contributed by atoms with van der Waals surface area (Å²) in [5, 5.41) is 11.0. The van der Waals surface area contributed by atoms with Crippen molar-refractivity contribution in [3.63, 3.8) is 0 Å². The van der Waals surface area contributed by atoms with Crippen LogP contribution in [-0.4, -0.2) is 21.2 Å². The predicted molar refractivity (Wildman–Crippen MR) is 111 cm³/mol. The lowest BCUT2D eigenvalue weighted by molar-refractivity contribution is -0.127. The number of carbonyl (C=O) groups is 2. The highest BCUT2D eigenvalue weighted by Gasteiger charge is 2.45. The molecule has 1 heterocycles. The molecule has 2 fully saturated rings.